The van der Waals surface area contributed by atoms with Crippen LogP contribution in [-0.4, -0.2) is 49.5 Å². The number of nitrogens with zero attached hydrogens (tertiary/aromatic N) is 2. The Bertz CT molecular complexity index is 1690. The van der Waals surface area contributed by atoms with Gasteiger partial charge >= 0.3 is 5.97 Å². The zero-order valence-electron chi connectivity index (χ0n) is 23.8. The molecule has 0 aromatic heterocycles. The van der Waals surface area contributed by atoms with Crippen LogP contribution in [0.3, 0.4) is 0 Å². The van der Waals surface area contributed by atoms with E-state index in [-0.39, 0.29) is 11.3 Å². The monoisotopic (exact) mass is 607 g/mol. The number of sulfonamides is 1. The normalized spacial score (nSPS) is 17.3. The first-order valence-electron chi connectivity index (χ1n) is 13.5. The summed E-state index contributed by atoms with van der Waals surface area (Å²) < 4.78 is 54.2. The summed E-state index contributed by atoms with van der Waals surface area (Å²) in [6, 6.07) is 18.1. The van der Waals surface area contributed by atoms with E-state index in [0.29, 0.717) is 28.8 Å². The van der Waals surface area contributed by atoms with Crippen molar-refractivity contribution in [1.82, 2.24) is 10.0 Å². The average Bonchev–Trinajstić information content (AvgIpc) is 3.68. The third kappa shape index (κ3) is 6.94. The van der Waals surface area contributed by atoms with Crippen molar-refractivity contribution >= 4 is 44.5 Å². The van der Waals surface area contributed by atoms with Gasteiger partial charge in [0, 0.05) is 11.7 Å². The van der Waals surface area contributed by atoms with Crippen LogP contribution in [0, 0.1) is 20.8 Å². The highest BCUT2D eigenvalue weighted by atomic mass is 32.2. The number of hydrogen-bond acceptors (Lipinski definition) is 7. The summed E-state index contributed by atoms with van der Waals surface area (Å²) in [4.78, 5) is 12.8. The largest absolute Gasteiger partial charge is 0.468 e. The van der Waals surface area contributed by atoms with Gasteiger partial charge in [0.25, 0.3) is 11.2 Å². The lowest BCUT2D eigenvalue weighted by Crippen LogP contribution is -2.43. The van der Waals surface area contributed by atoms with Gasteiger partial charge in [-0.2, -0.15) is 4.72 Å². The molecule has 0 radical (unpaired) electrons. The zero-order valence-corrected chi connectivity index (χ0v) is 25.4. The second kappa shape index (κ2) is 12.2. The quantitative estimate of drug-likeness (QED) is 0.314. The Morgan fingerprint density at radius 2 is 1.64 bits per heavy atom. The van der Waals surface area contributed by atoms with Gasteiger partial charge in [-0.15, -0.1) is 8.80 Å². The summed E-state index contributed by atoms with van der Waals surface area (Å²) in [5.74, 6) is 0.285. The molecule has 1 fully saturated rings. The standard InChI is InChI=1S/C30H33N5O5S2/c1-18-14-19(2)27(20(3)15-18)42(38,39)35-26(30(36)40-4)16-21-8-10-22(11-9-21)23-6-5-7-25(17-23)32-29-28(31-24-12-13-24)33-41(37)34-29/h5-11,14-15,17,24,26,35H,12-13,16H2,1-4H3,(H,31,33)(H,32,34). The summed E-state index contributed by atoms with van der Waals surface area (Å²) in [5.41, 5.74) is 5.56. The zero-order chi connectivity index (χ0) is 30.0. The number of hydrogen-bond donors (Lipinski definition) is 3. The molecule has 220 valence electrons. The Balaban J connectivity index is 1.30. The van der Waals surface area contributed by atoms with Crippen LogP contribution in [-0.2, 0) is 37.1 Å². The van der Waals surface area contributed by atoms with Gasteiger partial charge in [-0.05, 0) is 80.0 Å². The van der Waals surface area contributed by atoms with Crippen molar-refractivity contribution in [2.75, 3.05) is 12.4 Å². The molecule has 3 N–H and O–H groups in total. The molecular weight excluding hydrogens is 574 g/mol. The Morgan fingerprint density at radius 1 is 0.976 bits per heavy atom. The maximum absolute atomic E-state index is 13.3. The molecule has 1 heterocycles. The number of rotatable bonds is 9. The van der Waals surface area contributed by atoms with E-state index in [1.807, 2.05) is 55.5 Å². The summed E-state index contributed by atoms with van der Waals surface area (Å²) in [6.45, 7) is 5.39. The first-order valence-corrected chi connectivity index (χ1v) is 16.1. The minimum Gasteiger partial charge on any atom is -0.468 e. The van der Waals surface area contributed by atoms with Crippen LogP contribution < -0.4 is 15.4 Å². The molecule has 3 aromatic rings. The highest BCUT2D eigenvalue weighted by Crippen LogP contribution is 2.26. The van der Waals surface area contributed by atoms with Crippen LogP contribution >= 0.6 is 0 Å². The number of esters is 1. The van der Waals surface area contributed by atoms with Crippen molar-refractivity contribution in [3.63, 3.8) is 0 Å². The predicted molar refractivity (Wildman–Crippen MR) is 165 cm³/mol. The van der Waals surface area contributed by atoms with Gasteiger partial charge in [0.15, 0.2) is 11.7 Å². The van der Waals surface area contributed by atoms with Gasteiger partial charge in [0.1, 0.15) is 6.04 Å². The fourth-order valence-electron chi connectivity index (χ4n) is 5.00. The number of ether oxygens (including phenoxy) is 1. The van der Waals surface area contributed by atoms with Crippen LogP contribution in [0.2, 0.25) is 0 Å². The molecule has 1 aliphatic carbocycles. The van der Waals surface area contributed by atoms with Crippen molar-refractivity contribution in [2.24, 2.45) is 8.80 Å². The van der Waals surface area contributed by atoms with Gasteiger partial charge in [-0.3, -0.25) is 4.79 Å². The average molecular weight is 608 g/mol. The molecule has 5 rings (SSSR count). The van der Waals surface area contributed by atoms with Crippen molar-refractivity contribution in [2.45, 2.75) is 57.0 Å². The third-order valence-electron chi connectivity index (χ3n) is 6.99. The van der Waals surface area contributed by atoms with Gasteiger partial charge in [0.2, 0.25) is 10.0 Å². The Hall–Kier alpha value is -3.87. The summed E-state index contributed by atoms with van der Waals surface area (Å²) >= 11 is -1.64. The molecular formula is C30H33N5O5S2. The number of anilines is 1. The summed E-state index contributed by atoms with van der Waals surface area (Å²) in [5, 5.41) is 6.47. The van der Waals surface area contributed by atoms with Crippen molar-refractivity contribution in [3.05, 3.63) is 82.9 Å². The lowest BCUT2D eigenvalue weighted by Gasteiger charge is -2.19. The van der Waals surface area contributed by atoms with Gasteiger partial charge in [0.05, 0.1) is 12.0 Å². The predicted octanol–water partition coefficient (Wildman–Crippen LogP) is 3.89. The lowest BCUT2D eigenvalue weighted by atomic mass is 10.0. The minimum absolute atomic E-state index is 0.116. The van der Waals surface area contributed by atoms with E-state index in [0.717, 1.165) is 40.8 Å². The second-order valence-corrected chi connectivity index (χ2v) is 13.0. The molecule has 0 saturated heterocycles. The molecule has 10 nitrogen and oxygen atoms in total. The molecule has 0 bridgehead atoms. The van der Waals surface area contributed by atoms with Crippen molar-refractivity contribution in [1.29, 1.82) is 0 Å². The van der Waals surface area contributed by atoms with E-state index in [2.05, 4.69) is 24.2 Å². The number of methoxy groups -OCH3 is 1. The maximum atomic E-state index is 13.3. The van der Waals surface area contributed by atoms with Gasteiger partial charge in [-0.1, -0.05) is 54.1 Å². The summed E-state index contributed by atoms with van der Waals surface area (Å²) in [7, 11) is -2.75. The van der Waals surface area contributed by atoms with Crippen LogP contribution in [0.25, 0.3) is 11.1 Å². The molecule has 2 unspecified atom stereocenters. The highest BCUT2D eigenvalue weighted by molar-refractivity contribution is 7.89. The van der Waals surface area contributed by atoms with Crippen LogP contribution in [0.1, 0.15) is 35.1 Å². The topological polar surface area (TPSA) is 138 Å². The Kier molecular flexibility index (Phi) is 8.58. The van der Waals surface area contributed by atoms with Crippen LogP contribution in [0.4, 0.5) is 5.69 Å². The molecule has 12 heteroatoms. The second-order valence-electron chi connectivity index (χ2n) is 10.6. The maximum Gasteiger partial charge on any atom is 0.324 e. The van der Waals surface area contributed by atoms with Gasteiger partial charge in [-0.25, -0.2) is 12.6 Å². The number of amidine groups is 2. The highest BCUT2D eigenvalue weighted by Gasteiger charge is 2.30. The third-order valence-corrected chi connectivity index (χ3v) is 9.44. The Labute approximate surface area is 248 Å². The van der Waals surface area contributed by atoms with E-state index < -0.39 is 33.2 Å². The molecule has 0 spiro atoms. The smallest absolute Gasteiger partial charge is 0.324 e. The van der Waals surface area contributed by atoms with E-state index in [9.17, 15) is 17.4 Å². The van der Waals surface area contributed by atoms with E-state index in [1.165, 1.54) is 7.11 Å². The molecule has 2 aliphatic rings. The molecule has 1 saturated carbocycles. The number of nitrogens with one attached hydrogen (secondary N) is 3. The van der Waals surface area contributed by atoms with Crippen molar-refractivity contribution < 1.29 is 22.2 Å². The van der Waals surface area contributed by atoms with Crippen LogP contribution in [0.5, 0.6) is 0 Å². The van der Waals surface area contributed by atoms with Crippen LogP contribution in [0.15, 0.2) is 74.4 Å². The van der Waals surface area contributed by atoms with E-state index >= 15 is 0 Å². The lowest BCUT2D eigenvalue weighted by molar-refractivity contribution is -0.142. The SMILES string of the molecule is COC(=O)C(Cc1ccc(-c2cccc(NC3=NS(=O)N=C3NC3CC3)c2)cc1)NS(=O)(=O)c1c(C)cc(C)cc1C. The van der Waals surface area contributed by atoms with Crippen molar-refractivity contribution in [3.8, 4) is 11.1 Å². The number of carbonyl (C=O) groups is 1. The first-order chi connectivity index (χ1) is 20.0. The fraction of sp³-hybridized carbons (Fsp3) is 0.300. The minimum atomic E-state index is -3.99. The molecule has 0 amide bonds. The Morgan fingerprint density at radius 3 is 2.29 bits per heavy atom. The molecule has 42 heavy (non-hydrogen) atoms. The number of benzene rings is 3. The van der Waals surface area contributed by atoms with Gasteiger partial charge < -0.3 is 15.4 Å². The molecule has 1 aliphatic heterocycles. The summed E-state index contributed by atoms with van der Waals surface area (Å²) in [6.07, 6.45) is 2.23. The number of carbonyl (C=O) groups excluding carboxylic acids is 1. The number of aryl methyl sites for hydroxylation is 3. The first kappa shape index (κ1) is 29.6. The fourth-order valence-corrected chi connectivity index (χ4v) is 7.26. The molecule has 3 aromatic carbocycles. The molecule has 2 atom stereocenters. The van der Waals surface area contributed by atoms with E-state index in [1.54, 1.807) is 26.0 Å². The van der Waals surface area contributed by atoms with E-state index in [4.69, 9.17) is 4.74 Å².